The van der Waals surface area contributed by atoms with Crippen LogP contribution < -0.4 is 0 Å². The van der Waals surface area contributed by atoms with Crippen LogP contribution in [0.4, 0.5) is 0 Å². The van der Waals surface area contributed by atoms with Gasteiger partial charge in [-0.25, -0.2) is 0 Å². The average Bonchev–Trinajstić information content (AvgIpc) is 1.93. The van der Waals surface area contributed by atoms with Gasteiger partial charge in [0, 0.05) is 0 Å². The maximum Gasteiger partial charge on any atom is 0.0993 e. The lowest BCUT2D eigenvalue weighted by atomic mass is 10.00. The maximum atomic E-state index is 9.11. The first kappa shape index (κ1) is 8.20. The van der Waals surface area contributed by atoms with Gasteiger partial charge in [-0.2, -0.15) is 0 Å². The molecule has 0 saturated heterocycles. The molecule has 0 aromatic rings. The minimum Gasteiger partial charge on any atom is -0.389 e. The molecule has 1 aliphatic carbocycles. The van der Waals surface area contributed by atoms with E-state index in [9.17, 15) is 0 Å². The molecule has 3 nitrogen and oxygen atoms in total. The molecule has 1 rings (SSSR count). The van der Waals surface area contributed by atoms with Crippen LogP contribution in [-0.2, 0) is 0 Å². The van der Waals surface area contributed by atoms with Crippen molar-refractivity contribution in [1.82, 2.24) is 0 Å². The highest BCUT2D eigenvalue weighted by Crippen LogP contribution is 2.20. The summed E-state index contributed by atoms with van der Waals surface area (Å²) in [6.45, 7) is 0. The van der Waals surface area contributed by atoms with Crippen LogP contribution in [0.3, 0.4) is 0 Å². The van der Waals surface area contributed by atoms with Crippen molar-refractivity contribution in [2.24, 2.45) is 0 Å². The topological polar surface area (TPSA) is 60.7 Å². The molecule has 0 saturated carbocycles. The molecule has 3 N–H and O–H groups in total. The molecular weight excluding hydrogens is 200 g/mol. The third kappa shape index (κ3) is 1.40. The normalized spacial score (nSPS) is 47.6. The van der Waals surface area contributed by atoms with E-state index in [4.69, 9.17) is 15.3 Å². The second-order valence-corrected chi connectivity index (χ2v) is 3.36. The van der Waals surface area contributed by atoms with E-state index < -0.39 is 23.1 Å². The fourth-order valence-corrected chi connectivity index (χ4v) is 1.33. The lowest BCUT2D eigenvalue weighted by molar-refractivity contribution is 0.0177. The van der Waals surface area contributed by atoms with E-state index >= 15 is 0 Å². The zero-order valence-corrected chi connectivity index (χ0v) is 6.77. The van der Waals surface area contributed by atoms with E-state index in [1.54, 1.807) is 0 Å². The first-order valence-electron chi connectivity index (χ1n) is 2.99. The summed E-state index contributed by atoms with van der Waals surface area (Å²) >= 11 is 3.05. The molecular formula is C6H9BrO3. The molecule has 58 valence electrons. The second kappa shape index (κ2) is 3.00. The summed E-state index contributed by atoms with van der Waals surface area (Å²) in [6.07, 6.45) is 0.343. The number of aliphatic hydroxyl groups is 3. The van der Waals surface area contributed by atoms with Crippen molar-refractivity contribution in [3.05, 3.63) is 12.2 Å². The van der Waals surface area contributed by atoms with E-state index in [0.717, 1.165) is 0 Å². The molecule has 0 heterocycles. The van der Waals surface area contributed by atoms with Crippen LogP contribution in [-0.4, -0.2) is 38.5 Å². The van der Waals surface area contributed by atoms with Gasteiger partial charge in [-0.15, -0.1) is 0 Å². The van der Waals surface area contributed by atoms with Crippen molar-refractivity contribution in [1.29, 1.82) is 0 Å². The van der Waals surface area contributed by atoms with Crippen LogP contribution in [0.5, 0.6) is 0 Å². The molecule has 4 heteroatoms. The maximum absolute atomic E-state index is 9.11. The number of hydrogen-bond acceptors (Lipinski definition) is 3. The Balaban J connectivity index is 2.69. The zero-order valence-electron chi connectivity index (χ0n) is 5.18. The van der Waals surface area contributed by atoms with Gasteiger partial charge in [-0.05, 0) is 0 Å². The Morgan fingerprint density at radius 3 is 2.00 bits per heavy atom. The van der Waals surface area contributed by atoms with Crippen LogP contribution >= 0.6 is 15.9 Å². The van der Waals surface area contributed by atoms with Crippen molar-refractivity contribution in [2.45, 2.75) is 23.1 Å². The molecule has 10 heavy (non-hydrogen) atoms. The van der Waals surface area contributed by atoms with Gasteiger partial charge < -0.3 is 15.3 Å². The fourth-order valence-electron chi connectivity index (χ4n) is 0.838. The predicted molar refractivity (Wildman–Crippen MR) is 39.9 cm³/mol. The van der Waals surface area contributed by atoms with Gasteiger partial charge in [0.05, 0.1) is 23.1 Å². The van der Waals surface area contributed by atoms with Gasteiger partial charge in [-0.1, -0.05) is 28.1 Å². The van der Waals surface area contributed by atoms with E-state index in [-0.39, 0.29) is 0 Å². The quantitative estimate of drug-likeness (QED) is 0.369. The molecule has 0 bridgehead atoms. The van der Waals surface area contributed by atoms with E-state index in [2.05, 4.69) is 15.9 Å². The first-order valence-corrected chi connectivity index (χ1v) is 3.91. The van der Waals surface area contributed by atoms with Crippen molar-refractivity contribution in [3.63, 3.8) is 0 Å². The number of hydrogen-bond donors (Lipinski definition) is 3. The molecule has 0 amide bonds. The molecule has 0 aromatic carbocycles. The molecule has 0 radical (unpaired) electrons. The third-order valence-corrected chi connectivity index (χ3v) is 2.59. The van der Waals surface area contributed by atoms with Crippen LogP contribution in [0.1, 0.15) is 0 Å². The standard InChI is InChI=1S/C6H9BrO3/c7-5-3(8)1-2-4(9)6(5)10/h1-6,8-10H/t3-,4-,5+,6-/m0/s1. The Hall–Kier alpha value is 0.100. The monoisotopic (exact) mass is 208 g/mol. The van der Waals surface area contributed by atoms with Crippen LogP contribution in [0.2, 0.25) is 0 Å². The minimum atomic E-state index is -0.917. The highest BCUT2D eigenvalue weighted by molar-refractivity contribution is 9.09. The van der Waals surface area contributed by atoms with Gasteiger partial charge >= 0.3 is 0 Å². The lowest BCUT2D eigenvalue weighted by Crippen LogP contribution is -2.42. The Kier molecular flexibility index (Phi) is 2.46. The highest BCUT2D eigenvalue weighted by Gasteiger charge is 2.30. The molecule has 0 unspecified atom stereocenters. The van der Waals surface area contributed by atoms with E-state index in [1.807, 2.05) is 0 Å². The smallest absolute Gasteiger partial charge is 0.0993 e. The number of rotatable bonds is 0. The van der Waals surface area contributed by atoms with Gasteiger partial charge in [0.25, 0.3) is 0 Å². The predicted octanol–water partition coefficient (Wildman–Crippen LogP) is -0.598. The lowest BCUT2D eigenvalue weighted by Gasteiger charge is -2.27. The Bertz CT molecular complexity index is 132. The zero-order chi connectivity index (χ0) is 7.72. The van der Waals surface area contributed by atoms with Crippen molar-refractivity contribution < 1.29 is 15.3 Å². The molecule has 1 aliphatic rings. The van der Waals surface area contributed by atoms with Crippen molar-refractivity contribution in [3.8, 4) is 0 Å². The average molecular weight is 209 g/mol. The van der Waals surface area contributed by atoms with E-state index in [0.29, 0.717) is 0 Å². The summed E-state index contributed by atoms with van der Waals surface area (Å²) in [4.78, 5) is -0.465. The number of alkyl halides is 1. The Morgan fingerprint density at radius 2 is 1.50 bits per heavy atom. The fraction of sp³-hybridized carbons (Fsp3) is 0.667. The summed E-state index contributed by atoms with van der Waals surface area (Å²) in [7, 11) is 0. The van der Waals surface area contributed by atoms with Gasteiger partial charge in [0.2, 0.25) is 0 Å². The molecule has 0 aromatic heterocycles. The van der Waals surface area contributed by atoms with E-state index in [1.165, 1.54) is 12.2 Å². The second-order valence-electron chi connectivity index (χ2n) is 2.30. The first-order chi connectivity index (χ1) is 4.63. The van der Waals surface area contributed by atoms with Crippen LogP contribution in [0.15, 0.2) is 12.2 Å². The summed E-state index contributed by atoms with van der Waals surface area (Å²) in [5, 5.41) is 27.2. The minimum absolute atomic E-state index is 0.465. The molecule has 0 aliphatic heterocycles. The highest BCUT2D eigenvalue weighted by atomic mass is 79.9. The van der Waals surface area contributed by atoms with Crippen molar-refractivity contribution in [2.75, 3.05) is 0 Å². The third-order valence-electron chi connectivity index (χ3n) is 1.51. The van der Waals surface area contributed by atoms with Crippen molar-refractivity contribution >= 4 is 15.9 Å². The summed E-state index contributed by atoms with van der Waals surface area (Å²) < 4.78 is 0. The Morgan fingerprint density at radius 1 is 1.00 bits per heavy atom. The summed E-state index contributed by atoms with van der Waals surface area (Å²) in [5.74, 6) is 0. The van der Waals surface area contributed by atoms with Gasteiger partial charge in [-0.3, -0.25) is 0 Å². The molecule has 0 fully saturated rings. The SMILES string of the molecule is O[C@@H]1[C@H](Br)[C@@H](O)C=C[C@@H]1O. The van der Waals surface area contributed by atoms with Crippen LogP contribution in [0.25, 0.3) is 0 Å². The number of halogens is 1. The summed E-state index contributed by atoms with van der Waals surface area (Å²) in [6, 6.07) is 0. The molecule has 0 spiro atoms. The van der Waals surface area contributed by atoms with Crippen LogP contribution in [0, 0.1) is 0 Å². The molecule has 4 atom stereocenters. The van der Waals surface area contributed by atoms with Gasteiger partial charge in [0.1, 0.15) is 0 Å². The summed E-state index contributed by atoms with van der Waals surface area (Å²) in [5.41, 5.74) is 0. The number of aliphatic hydroxyl groups excluding tert-OH is 3. The largest absolute Gasteiger partial charge is 0.389 e. The van der Waals surface area contributed by atoms with Gasteiger partial charge in [0.15, 0.2) is 0 Å². The Labute approximate surface area is 67.1 Å².